The van der Waals surface area contributed by atoms with Gasteiger partial charge in [-0.05, 0) is 51.4 Å². The molecule has 1 N–H and O–H groups in total. The zero-order valence-electron chi connectivity index (χ0n) is 12.7. The Kier molecular flexibility index (Phi) is 4.22. The molecule has 0 unspecified atom stereocenters. The van der Waals surface area contributed by atoms with Crippen molar-refractivity contribution in [2.45, 2.75) is 20.3 Å². The number of hydrogen-bond donors (Lipinski definition) is 1. The molecule has 2 saturated heterocycles. The molecule has 0 saturated carbocycles. The molecule has 20 heavy (non-hydrogen) atoms. The number of rotatable bonds is 3. The molecular formula is C16H26N4. The van der Waals surface area contributed by atoms with E-state index in [0.717, 1.165) is 30.4 Å². The summed E-state index contributed by atoms with van der Waals surface area (Å²) in [4.78, 5) is 9.61. The number of nitrogens with zero attached hydrogens (tertiary/aromatic N) is 3. The first-order chi connectivity index (χ1) is 9.70. The summed E-state index contributed by atoms with van der Waals surface area (Å²) in [7, 11) is 0. The maximum absolute atomic E-state index is 4.47. The minimum Gasteiger partial charge on any atom is -0.369 e. The highest BCUT2D eigenvalue weighted by molar-refractivity contribution is 5.48. The van der Waals surface area contributed by atoms with Crippen LogP contribution in [0.5, 0.6) is 0 Å². The number of nitrogens with one attached hydrogen (secondary N) is 1. The lowest BCUT2D eigenvalue weighted by atomic mass is 10.1. The molecule has 0 amide bonds. The third kappa shape index (κ3) is 3.30. The average Bonchev–Trinajstić information content (AvgIpc) is 2.91. The Labute approximate surface area is 122 Å². The van der Waals surface area contributed by atoms with Crippen LogP contribution in [0.1, 0.15) is 17.8 Å². The van der Waals surface area contributed by atoms with Crippen LogP contribution in [-0.2, 0) is 0 Å². The van der Waals surface area contributed by atoms with E-state index in [0.29, 0.717) is 0 Å². The van der Waals surface area contributed by atoms with Gasteiger partial charge in [-0.2, -0.15) is 0 Å². The standard InChI is InChI=1S/C16H26N4/c1-13-9-16(10-14(2)18-13)20-7-5-19(6-8-20)12-15-3-4-17-11-15/h9-10,15,17H,3-8,11-12H2,1-2H3/t15-/m0/s1. The van der Waals surface area contributed by atoms with E-state index < -0.39 is 0 Å². The van der Waals surface area contributed by atoms with Crippen molar-refractivity contribution >= 4 is 5.69 Å². The number of aromatic nitrogens is 1. The summed E-state index contributed by atoms with van der Waals surface area (Å²) in [6, 6.07) is 4.42. The zero-order chi connectivity index (χ0) is 13.9. The highest BCUT2D eigenvalue weighted by Gasteiger charge is 2.22. The Morgan fingerprint density at radius 3 is 2.45 bits per heavy atom. The average molecular weight is 274 g/mol. The van der Waals surface area contributed by atoms with E-state index in [1.807, 2.05) is 0 Å². The van der Waals surface area contributed by atoms with Crippen molar-refractivity contribution in [3.63, 3.8) is 0 Å². The van der Waals surface area contributed by atoms with Gasteiger partial charge in [0.05, 0.1) is 0 Å². The second kappa shape index (κ2) is 6.10. The van der Waals surface area contributed by atoms with Crippen molar-refractivity contribution in [2.75, 3.05) is 50.7 Å². The van der Waals surface area contributed by atoms with Crippen molar-refractivity contribution in [1.29, 1.82) is 0 Å². The molecule has 0 spiro atoms. The van der Waals surface area contributed by atoms with Crippen molar-refractivity contribution in [2.24, 2.45) is 5.92 Å². The maximum Gasteiger partial charge on any atom is 0.0403 e. The van der Waals surface area contributed by atoms with Crippen LogP contribution in [0.2, 0.25) is 0 Å². The molecule has 0 aromatic carbocycles. The first kappa shape index (κ1) is 13.8. The van der Waals surface area contributed by atoms with Crippen LogP contribution < -0.4 is 10.2 Å². The number of anilines is 1. The molecule has 110 valence electrons. The highest BCUT2D eigenvalue weighted by Crippen LogP contribution is 2.19. The number of pyridine rings is 1. The topological polar surface area (TPSA) is 31.4 Å². The Morgan fingerprint density at radius 2 is 1.85 bits per heavy atom. The molecule has 1 atom stereocenters. The third-order valence-corrected chi connectivity index (χ3v) is 4.48. The van der Waals surface area contributed by atoms with Gasteiger partial charge in [-0.3, -0.25) is 9.88 Å². The van der Waals surface area contributed by atoms with Crippen LogP contribution in [0, 0.1) is 19.8 Å². The van der Waals surface area contributed by atoms with Crippen LogP contribution in [-0.4, -0.2) is 55.7 Å². The van der Waals surface area contributed by atoms with E-state index in [9.17, 15) is 0 Å². The fourth-order valence-electron chi connectivity index (χ4n) is 3.42. The van der Waals surface area contributed by atoms with Gasteiger partial charge in [0.1, 0.15) is 0 Å². The number of hydrogen-bond acceptors (Lipinski definition) is 4. The molecule has 2 aliphatic heterocycles. The fraction of sp³-hybridized carbons (Fsp3) is 0.688. The molecule has 1 aromatic heterocycles. The normalized spacial score (nSPS) is 24.3. The van der Waals surface area contributed by atoms with Crippen molar-refractivity contribution in [3.8, 4) is 0 Å². The molecule has 4 nitrogen and oxygen atoms in total. The number of aryl methyl sites for hydroxylation is 2. The molecule has 2 fully saturated rings. The van der Waals surface area contributed by atoms with Crippen LogP contribution in [0.4, 0.5) is 5.69 Å². The summed E-state index contributed by atoms with van der Waals surface area (Å²) in [5, 5.41) is 3.46. The summed E-state index contributed by atoms with van der Waals surface area (Å²) < 4.78 is 0. The first-order valence-electron chi connectivity index (χ1n) is 7.84. The molecule has 0 aliphatic carbocycles. The molecule has 3 heterocycles. The zero-order valence-corrected chi connectivity index (χ0v) is 12.7. The molecule has 4 heteroatoms. The van der Waals surface area contributed by atoms with E-state index in [1.165, 1.54) is 44.8 Å². The molecule has 1 aromatic rings. The van der Waals surface area contributed by atoms with E-state index in [-0.39, 0.29) is 0 Å². The van der Waals surface area contributed by atoms with Crippen LogP contribution in [0.15, 0.2) is 12.1 Å². The second-order valence-corrected chi connectivity index (χ2v) is 6.25. The van der Waals surface area contributed by atoms with E-state index >= 15 is 0 Å². The molecule has 3 rings (SSSR count). The van der Waals surface area contributed by atoms with Crippen molar-refractivity contribution in [3.05, 3.63) is 23.5 Å². The quantitative estimate of drug-likeness (QED) is 0.903. The SMILES string of the molecule is Cc1cc(N2CCN(C[C@H]3CCNC3)CC2)cc(C)n1. The van der Waals surface area contributed by atoms with Crippen LogP contribution in [0.25, 0.3) is 0 Å². The highest BCUT2D eigenvalue weighted by atomic mass is 15.3. The van der Waals surface area contributed by atoms with Crippen molar-refractivity contribution < 1.29 is 0 Å². The monoisotopic (exact) mass is 274 g/mol. The maximum atomic E-state index is 4.47. The molecule has 0 radical (unpaired) electrons. The summed E-state index contributed by atoms with van der Waals surface area (Å²) >= 11 is 0. The Hall–Kier alpha value is -1.13. The Balaban J connectivity index is 1.55. The van der Waals surface area contributed by atoms with Gasteiger partial charge in [0.25, 0.3) is 0 Å². The van der Waals surface area contributed by atoms with Gasteiger partial charge in [-0.25, -0.2) is 0 Å². The van der Waals surface area contributed by atoms with Gasteiger partial charge < -0.3 is 10.2 Å². The number of piperazine rings is 1. The smallest absolute Gasteiger partial charge is 0.0403 e. The van der Waals surface area contributed by atoms with Crippen LogP contribution in [0.3, 0.4) is 0 Å². The summed E-state index contributed by atoms with van der Waals surface area (Å²) in [6.07, 6.45) is 1.35. The second-order valence-electron chi connectivity index (χ2n) is 6.25. The largest absolute Gasteiger partial charge is 0.369 e. The predicted octanol–water partition coefficient (Wildman–Crippen LogP) is 1.43. The van der Waals surface area contributed by atoms with Gasteiger partial charge in [0.2, 0.25) is 0 Å². The summed E-state index contributed by atoms with van der Waals surface area (Å²) in [6.45, 7) is 12.5. The van der Waals surface area contributed by atoms with Gasteiger partial charge in [-0.1, -0.05) is 0 Å². The predicted molar refractivity (Wildman–Crippen MR) is 83.3 cm³/mol. The lowest BCUT2D eigenvalue weighted by molar-refractivity contribution is 0.224. The summed E-state index contributed by atoms with van der Waals surface area (Å²) in [5.41, 5.74) is 3.59. The third-order valence-electron chi connectivity index (χ3n) is 4.48. The Bertz CT molecular complexity index is 426. The van der Waals surface area contributed by atoms with E-state index in [1.54, 1.807) is 0 Å². The molecule has 0 bridgehead atoms. The molecular weight excluding hydrogens is 248 g/mol. The van der Waals surface area contributed by atoms with Gasteiger partial charge in [0.15, 0.2) is 0 Å². The Morgan fingerprint density at radius 1 is 1.15 bits per heavy atom. The van der Waals surface area contributed by atoms with E-state index in [4.69, 9.17) is 0 Å². The van der Waals surface area contributed by atoms with Gasteiger partial charge in [0, 0.05) is 49.8 Å². The van der Waals surface area contributed by atoms with Crippen molar-refractivity contribution in [1.82, 2.24) is 15.2 Å². The van der Waals surface area contributed by atoms with Crippen LogP contribution >= 0.6 is 0 Å². The summed E-state index contributed by atoms with van der Waals surface area (Å²) in [5.74, 6) is 0.868. The minimum absolute atomic E-state index is 0.868. The lowest BCUT2D eigenvalue weighted by Crippen LogP contribution is -2.48. The lowest BCUT2D eigenvalue weighted by Gasteiger charge is -2.37. The van der Waals surface area contributed by atoms with Gasteiger partial charge >= 0.3 is 0 Å². The minimum atomic E-state index is 0.868. The fourth-order valence-corrected chi connectivity index (χ4v) is 3.42. The first-order valence-corrected chi connectivity index (χ1v) is 7.84. The van der Waals surface area contributed by atoms with E-state index in [2.05, 4.69) is 46.1 Å². The molecule has 2 aliphatic rings. The van der Waals surface area contributed by atoms with Gasteiger partial charge in [-0.15, -0.1) is 0 Å².